The van der Waals surface area contributed by atoms with Crippen molar-refractivity contribution in [1.29, 1.82) is 0 Å². The van der Waals surface area contributed by atoms with E-state index in [4.69, 9.17) is 0 Å². The van der Waals surface area contributed by atoms with Gasteiger partial charge in [-0.3, -0.25) is 9.48 Å². The number of aryl methyl sites for hydroxylation is 2. The maximum Gasteiger partial charge on any atom is 0.246 e. The number of anilines is 1. The lowest BCUT2D eigenvalue weighted by Gasteiger charge is -2.20. The van der Waals surface area contributed by atoms with Crippen LogP contribution >= 0.6 is 0 Å². The Morgan fingerprint density at radius 2 is 1.85 bits per heavy atom. The fourth-order valence-corrected chi connectivity index (χ4v) is 4.28. The van der Waals surface area contributed by atoms with Crippen LogP contribution in [0, 0.1) is 20.8 Å². The number of amides is 1. The molecule has 26 heavy (non-hydrogen) atoms. The zero-order chi connectivity index (χ0) is 19.5. The molecule has 0 bridgehead atoms. The Labute approximate surface area is 155 Å². The van der Waals surface area contributed by atoms with E-state index in [1.165, 1.54) is 10.4 Å². The van der Waals surface area contributed by atoms with E-state index in [9.17, 15) is 13.2 Å². The largest absolute Gasteiger partial charge is 0.324 e. The Kier molecular flexibility index (Phi) is 6.20. The molecule has 0 aliphatic heterocycles. The minimum atomic E-state index is -3.59. The van der Waals surface area contributed by atoms with Crippen LogP contribution in [0.2, 0.25) is 0 Å². The Bertz CT molecular complexity index is 899. The van der Waals surface area contributed by atoms with E-state index in [1.807, 2.05) is 20.8 Å². The first-order valence-electron chi connectivity index (χ1n) is 8.59. The average Bonchev–Trinajstić information content (AvgIpc) is 2.97. The average molecular weight is 378 g/mol. The van der Waals surface area contributed by atoms with Gasteiger partial charge in [0.25, 0.3) is 0 Å². The van der Waals surface area contributed by atoms with Gasteiger partial charge in [0.05, 0.1) is 11.1 Å². The third-order valence-corrected chi connectivity index (χ3v) is 6.35. The van der Waals surface area contributed by atoms with Crippen molar-refractivity contribution >= 4 is 21.6 Å². The molecule has 0 aliphatic carbocycles. The highest BCUT2D eigenvalue weighted by atomic mass is 32.2. The fourth-order valence-electron chi connectivity index (χ4n) is 2.71. The smallest absolute Gasteiger partial charge is 0.246 e. The zero-order valence-electron chi connectivity index (χ0n) is 15.9. The van der Waals surface area contributed by atoms with Gasteiger partial charge < -0.3 is 5.32 Å². The summed E-state index contributed by atoms with van der Waals surface area (Å²) < 4.78 is 28.5. The van der Waals surface area contributed by atoms with E-state index >= 15 is 0 Å². The van der Waals surface area contributed by atoms with Crippen LogP contribution in [0.1, 0.15) is 30.5 Å². The van der Waals surface area contributed by atoms with Crippen LogP contribution in [0.3, 0.4) is 0 Å². The maximum atomic E-state index is 12.8. The lowest BCUT2D eigenvalue weighted by Crippen LogP contribution is -2.31. The second-order valence-corrected chi connectivity index (χ2v) is 8.20. The van der Waals surface area contributed by atoms with Gasteiger partial charge in [-0.15, -0.1) is 0 Å². The van der Waals surface area contributed by atoms with Gasteiger partial charge in [-0.25, -0.2) is 8.42 Å². The van der Waals surface area contributed by atoms with E-state index in [1.54, 1.807) is 37.0 Å². The van der Waals surface area contributed by atoms with Crippen molar-refractivity contribution in [3.05, 3.63) is 41.2 Å². The molecule has 7 nitrogen and oxygen atoms in total. The lowest BCUT2D eigenvalue weighted by molar-refractivity contribution is -0.116. The molecule has 2 aromatic rings. The molecule has 1 heterocycles. The predicted molar refractivity (Wildman–Crippen MR) is 102 cm³/mol. The number of nitrogens with zero attached hydrogens (tertiary/aromatic N) is 3. The summed E-state index contributed by atoms with van der Waals surface area (Å²) in [5.41, 5.74) is 3.12. The van der Waals surface area contributed by atoms with Gasteiger partial charge >= 0.3 is 0 Å². The van der Waals surface area contributed by atoms with E-state index in [-0.39, 0.29) is 17.3 Å². The summed E-state index contributed by atoms with van der Waals surface area (Å²) in [6.45, 7) is 10.1. The van der Waals surface area contributed by atoms with Crippen LogP contribution in [0.25, 0.3) is 0 Å². The molecule has 2 rings (SSSR count). The number of carbonyl (C=O) groups excluding carboxylic acids is 1. The first kappa shape index (κ1) is 20.1. The minimum absolute atomic E-state index is 0.0688. The number of benzene rings is 1. The fraction of sp³-hybridized carbons (Fsp3) is 0.444. The van der Waals surface area contributed by atoms with Crippen molar-refractivity contribution in [3.63, 3.8) is 0 Å². The zero-order valence-corrected chi connectivity index (χ0v) is 16.7. The predicted octanol–water partition coefficient (Wildman–Crippen LogP) is 2.48. The Hall–Kier alpha value is -2.19. The van der Waals surface area contributed by atoms with Crippen molar-refractivity contribution < 1.29 is 13.2 Å². The Morgan fingerprint density at radius 1 is 1.19 bits per heavy atom. The van der Waals surface area contributed by atoms with Gasteiger partial charge in [0, 0.05) is 25.0 Å². The van der Waals surface area contributed by atoms with Gasteiger partial charge in [0.2, 0.25) is 15.9 Å². The second kappa shape index (κ2) is 8.01. The van der Waals surface area contributed by atoms with Gasteiger partial charge in [0.1, 0.15) is 6.54 Å². The van der Waals surface area contributed by atoms with E-state index in [2.05, 4.69) is 10.4 Å². The molecule has 0 spiro atoms. The summed E-state index contributed by atoms with van der Waals surface area (Å²) in [5, 5.41) is 6.91. The van der Waals surface area contributed by atoms with Crippen molar-refractivity contribution in [2.75, 3.05) is 18.4 Å². The highest BCUT2D eigenvalue weighted by molar-refractivity contribution is 7.89. The highest BCUT2D eigenvalue weighted by Crippen LogP contribution is 2.26. The van der Waals surface area contributed by atoms with Crippen LogP contribution in [0.5, 0.6) is 0 Å². The van der Waals surface area contributed by atoms with E-state index in [0.717, 1.165) is 16.7 Å². The topological polar surface area (TPSA) is 84.3 Å². The van der Waals surface area contributed by atoms with Crippen LogP contribution in [0.4, 0.5) is 5.69 Å². The molecular formula is C18H26N4O3S. The number of sulfonamides is 1. The van der Waals surface area contributed by atoms with Crippen LogP contribution in [0.15, 0.2) is 29.4 Å². The molecule has 1 aromatic heterocycles. The van der Waals surface area contributed by atoms with Crippen LogP contribution in [-0.4, -0.2) is 41.5 Å². The molecule has 142 valence electrons. The number of carbonyl (C=O) groups is 1. The van der Waals surface area contributed by atoms with E-state index < -0.39 is 10.0 Å². The highest BCUT2D eigenvalue weighted by Gasteiger charge is 2.23. The van der Waals surface area contributed by atoms with Crippen LogP contribution < -0.4 is 5.32 Å². The molecule has 0 atom stereocenters. The molecule has 1 amide bonds. The molecule has 0 saturated carbocycles. The summed E-state index contributed by atoms with van der Waals surface area (Å²) in [7, 11) is -3.59. The van der Waals surface area contributed by atoms with Gasteiger partial charge in [-0.1, -0.05) is 13.8 Å². The summed E-state index contributed by atoms with van der Waals surface area (Å²) >= 11 is 0. The first-order chi connectivity index (χ1) is 12.2. The lowest BCUT2D eigenvalue weighted by atomic mass is 10.1. The van der Waals surface area contributed by atoms with Crippen molar-refractivity contribution in [3.8, 4) is 0 Å². The van der Waals surface area contributed by atoms with Gasteiger partial charge in [0.15, 0.2) is 0 Å². The number of hydrogen-bond donors (Lipinski definition) is 1. The van der Waals surface area contributed by atoms with Crippen molar-refractivity contribution in [1.82, 2.24) is 14.1 Å². The molecule has 1 aromatic carbocycles. The summed E-state index contributed by atoms with van der Waals surface area (Å²) in [5.74, 6) is -0.256. The minimum Gasteiger partial charge on any atom is -0.324 e. The molecule has 8 heteroatoms. The van der Waals surface area contributed by atoms with Crippen LogP contribution in [-0.2, 0) is 21.4 Å². The normalized spacial score (nSPS) is 11.8. The number of nitrogens with one attached hydrogen (secondary N) is 1. The molecule has 1 N–H and O–H groups in total. The second-order valence-electron chi connectivity index (χ2n) is 6.27. The number of rotatable bonds is 7. The van der Waals surface area contributed by atoms with E-state index in [0.29, 0.717) is 18.8 Å². The van der Waals surface area contributed by atoms with Crippen molar-refractivity contribution in [2.24, 2.45) is 0 Å². The first-order valence-corrected chi connectivity index (χ1v) is 10.0. The molecule has 0 aliphatic rings. The number of hydrogen-bond acceptors (Lipinski definition) is 4. The molecular weight excluding hydrogens is 352 g/mol. The molecule has 0 unspecified atom stereocenters. The maximum absolute atomic E-state index is 12.8. The standard InChI is InChI=1S/C18H26N4O3S/c1-6-22(7-2)26(24,25)16-8-14(4)15(5)17(9-16)20-18(23)12-21-11-13(3)10-19-21/h8-11H,6-7,12H2,1-5H3,(H,20,23). The summed E-state index contributed by atoms with van der Waals surface area (Å²) in [4.78, 5) is 12.5. The number of aromatic nitrogens is 2. The third-order valence-electron chi connectivity index (χ3n) is 4.33. The monoisotopic (exact) mass is 378 g/mol. The van der Waals surface area contributed by atoms with Gasteiger partial charge in [-0.2, -0.15) is 9.40 Å². The quantitative estimate of drug-likeness (QED) is 0.802. The van der Waals surface area contributed by atoms with Gasteiger partial charge in [-0.05, 0) is 49.6 Å². The van der Waals surface area contributed by atoms with Crippen molar-refractivity contribution in [2.45, 2.75) is 46.1 Å². The Balaban J connectivity index is 2.31. The molecule has 0 saturated heterocycles. The summed E-state index contributed by atoms with van der Waals surface area (Å²) in [6.07, 6.45) is 3.46. The molecule has 0 fully saturated rings. The SMILES string of the molecule is CCN(CC)S(=O)(=O)c1cc(C)c(C)c(NC(=O)Cn2cc(C)cn2)c1. The third kappa shape index (κ3) is 4.31. The summed E-state index contributed by atoms with van der Waals surface area (Å²) in [6, 6.07) is 3.18. The molecule has 0 radical (unpaired) electrons. The Morgan fingerprint density at radius 3 is 2.38 bits per heavy atom.